The number of benzene rings is 1. The molecule has 1 aromatic heterocycles. The second-order valence-corrected chi connectivity index (χ2v) is 6.61. The van der Waals surface area contributed by atoms with Crippen molar-refractivity contribution in [2.45, 2.75) is 32.0 Å². The first-order valence-corrected chi connectivity index (χ1v) is 8.61. The van der Waals surface area contributed by atoms with Crippen LogP contribution in [0.2, 0.25) is 5.02 Å². The van der Waals surface area contributed by atoms with Gasteiger partial charge in [0.1, 0.15) is 6.10 Å². The van der Waals surface area contributed by atoms with Gasteiger partial charge in [0.25, 0.3) is 5.09 Å². The minimum atomic E-state index is -1.09. The number of hydrogen-bond acceptors (Lipinski definition) is 6. The molecule has 9 heteroatoms. The molecular formula is C18H17ClN2O6. The van der Waals surface area contributed by atoms with Gasteiger partial charge in [-0.2, -0.15) is 0 Å². The molecule has 2 heterocycles. The molecule has 0 saturated heterocycles. The number of carboxylic acid groups (broad SMARTS) is 1. The summed E-state index contributed by atoms with van der Waals surface area (Å²) in [7, 11) is 0. The predicted octanol–water partition coefficient (Wildman–Crippen LogP) is 3.43. The molecule has 0 saturated carbocycles. The highest BCUT2D eigenvalue weighted by molar-refractivity contribution is 6.30. The molecular weight excluding hydrogens is 376 g/mol. The fourth-order valence-corrected chi connectivity index (χ4v) is 3.47. The summed E-state index contributed by atoms with van der Waals surface area (Å²) in [6, 6.07) is 7.22. The van der Waals surface area contributed by atoms with Gasteiger partial charge in [0.2, 0.25) is 0 Å². The zero-order valence-corrected chi connectivity index (χ0v) is 15.2. The van der Waals surface area contributed by atoms with Crippen LogP contribution < -0.4 is 0 Å². The largest absolute Gasteiger partial charge is 0.481 e. The summed E-state index contributed by atoms with van der Waals surface area (Å²) in [5, 5.41) is 19.7. The van der Waals surface area contributed by atoms with Crippen molar-refractivity contribution in [3.63, 3.8) is 0 Å². The molecule has 142 valence electrons. The van der Waals surface area contributed by atoms with Gasteiger partial charge in [0.15, 0.2) is 0 Å². The van der Waals surface area contributed by atoms with Crippen LogP contribution in [0.4, 0.5) is 0 Å². The van der Waals surface area contributed by atoms with Crippen molar-refractivity contribution >= 4 is 17.6 Å². The van der Waals surface area contributed by atoms with Crippen molar-refractivity contribution in [2.24, 2.45) is 0 Å². The Morgan fingerprint density at radius 2 is 2.19 bits per heavy atom. The minimum absolute atomic E-state index is 0.0408. The predicted molar refractivity (Wildman–Crippen MR) is 95.0 cm³/mol. The maximum atomic E-state index is 11.8. The zero-order valence-electron chi connectivity index (χ0n) is 14.4. The van der Waals surface area contributed by atoms with Crippen molar-refractivity contribution in [3.8, 4) is 0 Å². The third-order valence-electron chi connectivity index (χ3n) is 4.56. The van der Waals surface area contributed by atoms with Gasteiger partial charge < -0.3 is 14.7 Å². The monoisotopic (exact) mass is 392 g/mol. The lowest BCUT2D eigenvalue weighted by Crippen LogP contribution is -2.19. The number of carboxylic acids is 1. The van der Waals surface area contributed by atoms with Crippen LogP contribution in [-0.4, -0.2) is 27.8 Å². The molecule has 0 aliphatic carbocycles. The SMILES string of the molecule is Cc1ncc2c(c1C(CCO[N+](=O)[O-])C(=O)O)COC2c1ccc(Cl)cc1. The fourth-order valence-electron chi connectivity index (χ4n) is 3.34. The van der Waals surface area contributed by atoms with E-state index in [2.05, 4.69) is 9.82 Å². The van der Waals surface area contributed by atoms with E-state index < -0.39 is 17.0 Å². The molecule has 1 aliphatic heterocycles. The molecule has 1 N–H and O–H groups in total. The van der Waals surface area contributed by atoms with Crippen molar-refractivity contribution in [2.75, 3.05) is 6.61 Å². The maximum Gasteiger partial charge on any atom is 0.311 e. The Morgan fingerprint density at radius 3 is 2.81 bits per heavy atom. The number of nitrogens with zero attached hydrogens (tertiary/aromatic N) is 2. The first-order valence-electron chi connectivity index (χ1n) is 8.24. The molecule has 8 nitrogen and oxygen atoms in total. The highest BCUT2D eigenvalue weighted by Gasteiger charge is 2.33. The van der Waals surface area contributed by atoms with Crippen LogP contribution in [0.3, 0.4) is 0 Å². The number of aliphatic carboxylic acids is 1. The Hall–Kier alpha value is -2.71. The summed E-state index contributed by atoms with van der Waals surface area (Å²) in [6.45, 7) is 1.64. The Kier molecular flexibility index (Phi) is 5.57. The second kappa shape index (κ2) is 7.89. The first-order chi connectivity index (χ1) is 12.9. The van der Waals surface area contributed by atoms with Gasteiger partial charge in [-0.3, -0.25) is 9.78 Å². The van der Waals surface area contributed by atoms with Crippen LogP contribution in [0.1, 0.15) is 46.4 Å². The average molecular weight is 393 g/mol. The van der Waals surface area contributed by atoms with Gasteiger partial charge >= 0.3 is 5.97 Å². The Balaban J connectivity index is 1.96. The molecule has 27 heavy (non-hydrogen) atoms. The lowest BCUT2D eigenvalue weighted by Gasteiger charge is -2.18. The molecule has 2 atom stereocenters. The highest BCUT2D eigenvalue weighted by Crippen LogP contribution is 2.40. The molecule has 3 rings (SSSR count). The third-order valence-corrected chi connectivity index (χ3v) is 4.81. The summed E-state index contributed by atoms with van der Waals surface area (Å²) in [5.74, 6) is -2.06. The molecule has 0 bridgehead atoms. The van der Waals surface area contributed by atoms with Crippen LogP contribution in [0.25, 0.3) is 0 Å². The van der Waals surface area contributed by atoms with Gasteiger partial charge in [0, 0.05) is 22.5 Å². The minimum Gasteiger partial charge on any atom is -0.481 e. The van der Waals surface area contributed by atoms with Crippen LogP contribution >= 0.6 is 11.6 Å². The van der Waals surface area contributed by atoms with E-state index >= 15 is 0 Å². The van der Waals surface area contributed by atoms with E-state index in [1.165, 1.54) is 0 Å². The number of aryl methyl sites for hydroxylation is 1. The van der Waals surface area contributed by atoms with E-state index in [1.807, 2.05) is 12.1 Å². The number of carbonyl (C=O) groups is 1. The van der Waals surface area contributed by atoms with Crippen LogP contribution in [0.15, 0.2) is 30.5 Å². The number of hydrogen-bond donors (Lipinski definition) is 1. The molecule has 2 aromatic rings. The van der Waals surface area contributed by atoms with E-state index in [-0.39, 0.29) is 25.7 Å². The fraction of sp³-hybridized carbons (Fsp3) is 0.333. The molecule has 1 aromatic carbocycles. The summed E-state index contributed by atoms with van der Waals surface area (Å²) in [6.07, 6.45) is 1.28. The standard InChI is InChI=1S/C18H17ClN2O6/c1-10-16(13(18(22)23)6-7-27-21(24)25)15-9-26-17(14(15)8-20-10)11-2-4-12(19)5-3-11/h2-5,8,13,17H,6-7,9H2,1H3,(H,22,23). The van der Waals surface area contributed by atoms with E-state index in [1.54, 1.807) is 25.3 Å². The van der Waals surface area contributed by atoms with Crippen LogP contribution in [0.5, 0.6) is 0 Å². The van der Waals surface area contributed by atoms with Gasteiger partial charge in [-0.05, 0) is 42.2 Å². The Morgan fingerprint density at radius 1 is 1.48 bits per heavy atom. The molecule has 0 amide bonds. The van der Waals surface area contributed by atoms with Crippen molar-refractivity contribution in [3.05, 3.63) is 73.5 Å². The Bertz CT molecular complexity index is 871. The maximum absolute atomic E-state index is 11.8. The number of ether oxygens (including phenoxy) is 1. The topological polar surface area (TPSA) is 112 Å². The van der Waals surface area contributed by atoms with Crippen LogP contribution in [0, 0.1) is 17.0 Å². The first kappa shape index (κ1) is 19.1. The number of aromatic nitrogens is 1. The van der Waals surface area contributed by atoms with Gasteiger partial charge in [-0.25, -0.2) is 0 Å². The van der Waals surface area contributed by atoms with Gasteiger partial charge in [-0.15, -0.1) is 10.1 Å². The quantitative estimate of drug-likeness (QED) is 0.567. The normalized spacial score (nSPS) is 16.6. The van der Waals surface area contributed by atoms with Gasteiger partial charge in [-0.1, -0.05) is 23.7 Å². The summed E-state index contributed by atoms with van der Waals surface area (Å²) in [5.41, 5.74) is 3.53. The van der Waals surface area contributed by atoms with E-state index in [0.29, 0.717) is 16.3 Å². The van der Waals surface area contributed by atoms with Crippen molar-refractivity contribution in [1.82, 2.24) is 4.98 Å². The smallest absolute Gasteiger partial charge is 0.311 e. The Labute approximate surface area is 159 Å². The molecule has 0 spiro atoms. The van der Waals surface area contributed by atoms with Crippen molar-refractivity contribution in [1.29, 1.82) is 0 Å². The summed E-state index contributed by atoms with van der Waals surface area (Å²) >= 11 is 5.93. The van der Waals surface area contributed by atoms with E-state index in [0.717, 1.165) is 16.7 Å². The lowest BCUT2D eigenvalue weighted by atomic mass is 9.88. The number of pyridine rings is 1. The van der Waals surface area contributed by atoms with E-state index in [4.69, 9.17) is 16.3 Å². The van der Waals surface area contributed by atoms with Crippen LogP contribution in [-0.2, 0) is 21.0 Å². The number of fused-ring (bicyclic) bond motifs is 1. The van der Waals surface area contributed by atoms with Gasteiger partial charge in [0.05, 0.1) is 19.1 Å². The second-order valence-electron chi connectivity index (χ2n) is 6.17. The summed E-state index contributed by atoms with van der Waals surface area (Å²) < 4.78 is 5.90. The molecule has 2 unspecified atom stereocenters. The molecule has 0 radical (unpaired) electrons. The summed E-state index contributed by atoms with van der Waals surface area (Å²) in [4.78, 5) is 30.8. The number of rotatable bonds is 7. The molecule has 0 fully saturated rings. The third kappa shape index (κ3) is 4.01. The van der Waals surface area contributed by atoms with Crippen molar-refractivity contribution < 1.29 is 24.6 Å². The highest BCUT2D eigenvalue weighted by atomic mass is 35.5. The zero-order chi connectivity index (χ0) is 19.6. The molecule has 1 aliphatic rings. The lowest BCUT2D eigenvalue weighted by molar-refractivity contribution is -0.757. The average Bonchev–Trinajstić information content (AvgIpc) is 3.04. The number of halogens is 1. The van der Waals surface area contributed by atoms with E-state index in [9.17, 15) is 20.0 Å².